The number of hydrogen-bond acceptors (Lipinski definition) is 1. The molecule has 1 aliphatic rings. The summed E-state index contributed by atoms with van der Waals surface area (Å²) in [4.78, 5) is 11.5. The van der Waals surface area contributed by atoms with Crippen LogP contribution in [-0.4, -0.2) is 5.78 Å². The predicted molar refractivity (Wildman–Crippen MR) is 66.8 cm³/mol. The van der Waals surface area contributed by atoms with Gasteiger partial charge in [0.05, 0.1) is 0 Å². The van der Waals surface area contributed by atoms with Crippen LogP contribution in [-0.2, 0) is 4.79 Å². The van der Waals surface area contributed by atoms with E-state index in [1.165, 1.54) is 22.3 Å². The lowest BCUT2D eigenvalue weighted by atomic mass is 9.66. The first kappa shape index (κ1) is 11.4. The number of hydrogen-bond donors (Lipinski definition) is 0. The zero-order chi connectivity index (χ0) is 11.9. The average molecular weight is 216 g/mol. The number of rotatable bonds is 2. The van der Waals surface area contributed by atoms with E-state index in [0.29, 0.717) is 11.7 Å². The third kappa shape index (κ3) is 1.68. The second-order valence-corrected chi connectivity index (χ2v) is 5.10. The standard InChI is InChI=1S/C15H20O/c1-5-12-13(8-14(12)16)15-10(3)6-9(2)7-11(15)4/h6-7,12-13H,5,8H2,1-4H3. The average Bonchev–Trinajstić information content (AvgIpc) is 2.15. The summed E-state index contributed by atoms with van der Waals surface area (Å²) in [6.45, 7) is 8.59. The highest BCUT2D eigenvalue weighted by atomic mass is 16.1. The molecule has 0 bridgehead atoms. The molecule has 2 unspecified atom stereocenters. The van der Waals surface area contributed by atoms with E-state index < -0.39 is 0 Å². The van der Waals surface area contributed by atoms with E-state index in [-0.39, 0.29) is 5.92 Å². The Hall–Kier alpha value is -1.11. The Balaban J connectivity index is 2.38. The molecule has 0 saturated heterocycles. The molecule has 0 radical (unpaired) electrons. The number of carbonyl (C=O) groups excluding carboxylic acids is 1. The van der Waals surface area contributed by atoms with Crippen LogP contribution in [0.1, 0.15) is 47.9 Å². The summed E-state index contributed by atoms with van der Waals surface area (Å²) in [7, 11) is 0. The van der Waals surface area contributed by atoms with Crippen molar-refractivity contribution in [2.45, 2.75) is 46.5 Å². The fourth-order valence-corrected chi connectivity index (χ4v) is 3.17. The second-order valence-electron chi connectivity index (χ2n) is 5.10. The van der Waals surface area contributed by atoms with Gasteiger partial charge in [-0.2, -0.15) is 0 Å². The Morgan fingerprint density at radius 1 is 1.19 bits per heavy atom. The smallest absolute Gasteiger partial charge is 0.137 e. The molecule has 0 heterocycles. The van der Waals surface area contributed by atoms with Gasteiger partial charge < -0.3 is 0 Å². The maximum atomic E-state index is 11.5. The molecule has 0 aromatic heterocycles. The van der Waals surface area contributed by atoms with Crippen molar-refractivity contribution >= 4 is 5.78 Å². The van der Waals surface area contributed by atoms with Crippen molar-refractivity contribution < 1.29 is 4.79 Å². The van der Waals surface area contributed by atoms with Gasteiger partial charge in [-0.15, -0.1) is 0 Å². The minimum Gasteiger partial charge on any atom is -0.299 e. The van der Waals surface area contributed by atoms with Crippen LogP contribution in [0.2, 0.25) is 0 Å². The molecule has 0 spiro atoms. The van der Waals surface area contributed by atoms with Gasteiger partial charge in [0.25, 0.3) is 0 Å². The van der Waals surface area contributed by atoms with Crippen LogP contribution >= 0.6 is 0 Å². The fourth-order valence-electron chi connectivity index (χ4n) is 3.17. The molecule has 1 fully saturated rings. The van der Waals surface area contributed by atoms with Crippen molar-refractivity contribution in [3.8, 4) is 0 Å². The van der Waals surface area contributed by atoms with Gasteiger partial charge in [0.15, 0.2) is 0 Å². The molecule has 1 heteroatoms. The Morgan fingerprint density at radius 3 is 2.19 bits per heavy atom. The van der Waals surface area contributed by atoms with Crippen LogP contribution in [0.3, 0.4) is 0 Å². The molecule has 0 amide bonds. The molecular weight excluding hydrogens is 196 g/mol. The van der Waals surface area contributed by atoms with Crippen molar-refractivity contribution in [3.63, 3.8) is 0 Å². The van der Waals surface area contributed by atoms with Crippen LogP contribution in [0.5, 0.6) is 0 Å². The summed E-state index contributed by atoms with van der Waals surface area (Å²) in [5.41, 5.74) is 5.45. The van der Waals surface area contributed by atoms with Crippen molar-refractivity contribution in [3.05, 3.63) is 34.4 Å². The first-order chi connectivity index (χ1) is 7.54. The quantitative estimate of drug-likeness (QED) is 0.736. The van der Waals surface area contributed by atoms with E-state index >= 15 is 0 Å². The van der Waals surface area contributed by atoms with E-state index in [1.807, 2.05) is 0 Å². The fraction of sp³-hybridized carbons (Fsp3) is 0.533. The summed E-state index contributed by atoms with van der Waals surface area (Å²) in [6, 6.07) is 4.47. The molecule has 1 saturated carbocycles. The van der Waals surface area contributed by atoms with Gasteiger partial charge in [0.2, 0.25) is 0 Å². The van der Waals surface area contributed by atoms with E-state index in [4.69, 9.17) is 0 Å². The van der Waals surface area contributed by atoms with Crippen LogP contribution in [0.25, 0.3) is 0 Å². The van der Waals surface area contributed by atoms with Gasteiger partial charge in [0.1, 0.15) is 5.78 Å². The Kier molecular flexibility index (Phi) is 2.88. The van der Waals surface area contributed by atoms with Gasteiger partial charge in [-0.3, -0.25) is 4.79 Å². The van der Waals surface area contributed by atoms with Gasteiger partial charge in [-0.05, 0) is 43.9 Å². The lowest BCUT2D eigenvalue weighted by molar-refractivity contribution is -0.131. The number of aryl methyl sites for hydroxylation is 3. The van der Waals surface area contributed by atoms with E-state index in [0.717, 1.165) is 12.8 Å². The normalized spacial score (nSPS) is 24.4. The maximum Gasteiger partial charge on any atom is 0.137 e. The maximum absolute atomic E-state index is 11.5. The Labute approximate surface area is 97.9 Å². The summed E-state index contributed by atoms with van der Waals surface area (Å²) in [5.74, 6) is 1.21. The highest BCUT2D eigenvalue weighted by molar-refractivity contribution is 5.89. The lowest BCUT2D eigenvalue weighted by Gasteiger charge is -2.36. The van der Waals surface area contributed by atoms with Crippen LogP contribution in [0, 0.1) is 26.7 Å². The Morgan fingerprint density at radius 2 is 1.75 bits per heavy atom. The first-order valence-corrected chi connectivity index (χ1v) is 6.15. The topological polar surface area (TPSA) is 17.1 Å². The minimum atomic E-state index is 0.278. The van der Waals surface area contributed by atoms with Gasteiger partial charge in [-0.25, -0.2) is 0 Å². The Bertz CT molecular complexity index is 408. The van der Waals surface area contributed by atoms with Gasteiger partial charge in [0, 0.05) is 18.3 Å². The van der Waals surface area contributed by atoms with Crippen LogP contribution in [0.15, 0.2) is 12.1 Å². The molecule has 1 aliphatic carbocycles. The molecule has 1 aromatic rings. The summed E-state index contributed by atoms with van der Waals surface area (Å²) in [6.07, 6.45) is 1.74. The summed E-state index contributed by atoms with van der Waals surface area (Å²) in [5, 5.41) is 0. The zero-order valence-electron chi connectivity index (χ0n) is 10.6. The number of ketones is 1. The highest BCUT2D eigenvalue weighted by Gasteiger charge is 2.40. The van der Waals surface area contributed by atoms with E-state index in [9.17, 15) is 4.79 Å². The number of carbonyl (C=O) groups is 1. The largest absolute Gasteiger partial charge is 0.299 e. The third-order valence-corrected chi connectivity index (χ3v) is 3.87. The van der Waals surface area contributed by atoms with Crippen molar-refractivity contribution in [2.24, 2.45) is 5.92 Å². The van der Waals surface area contributed by atoms with Gasteiger partial charge >= 0.3 is 0 Å². The SMILES string of the molecule is CCC1C(=O)CC1c1c(C)cc(C)cc1C. The number of Topliss-reactive ketones (excluding diaryl/α,β-unsaturated/α-hetero) is 1. The van der Waals surface area contributed by atoms with Crippen molar-refractivity contribution in [2.75, 3.05) is 0 Å². The molecule has 2 atom stereocenters. The van der Waals surface area contributed by atoms with Crippen LogP contribution in [0.4, 0.5) is 0 Å². The molecule has 1 aromatic carbocycles. The molecule has 0 N–H and O–H groups in total. The molecular formula is C15H20O. The lowest BCUT2D eigenvalue weighted by Crippen LogP contribution is -2.35. The van der Waals surface area contributed by atoms with Crippen molar-refractivity contribution in [1.82, 2.24) is 0 Å². The second kappa shape index (κ2) is 4.04. The van der Waals surface area contributed by atoms with E-state index in [1.54, 1.807) is 0 Å². The third-order valence-electron chi connectivity index (χ3n) is 3.87. The number of benzene rings is 1. The molecule has 0 aliphatic heterocycles. The molecule has 86 valence electrons. The van der Waals surface area contributed by atoms with Crippen LogP contribution < -0.4 is 0 Å². The first-order valence-electron chi connectivity index (χ1n) is 6.15. The van der Waals surface area contributed by atoms with Gasteiger partial charge in [-0.1, -0.05) is 24.6 Å². The minimum absolute atomic E-state index is 0.278. The molecule has 1 nitrogen and oxygen atoms in total. The predicted octanol–water partition coefficient (Wildman–Crippen LogP) is 3.69. The monoisotopic (exact) mass is 216 g/mol. The summed E-state index contributed by atoms with van der Waals surface area (Å²) < 4.78 is 0. The molecule has 2 rings (SSSR count). The zero-order valence-corrected chi connectivity index (χ0v) is 10.6. The summed E-state index contributed by atoms with van der Waals surface area (Å²) >= 11 is 0. The highest BCUT2D eigenvalue weighted by Crippen LogP contribution is 2.44. The van der Waals surface area contributed by atoms with E-state index in [2.05, 4.69) is 39.8 Å². The van der Waals surface area contributed by atoms with Crippen molar-refractivity contribution in [1.29, 1.82) is 0 Å². The molecule has 16 heavy (non-hydrogen) atoms.